The van der Waals surface area contributed by atoms with Gasteiger partial charge in [-0.2, -0.15) is 0 Å². The van der Waals surface area contributed by atoms with Crippen molar-refractivity contribution in [3.8, 4) is 5.82 Å². The number of hydrogen-bond acceptors (Lipinski definition) is 5. The molecule has 8 heteroatoms. The van der Waals surface area contributed by atoms with E-state index in [-0.39, 0.29) is 17.2 Å². The van der Waals surface area contributed by atoms with Gasteiger partial charge >= 0.3 is 0 Å². The molecule has 4 aromatic rings. The number of halogens is 1. The van der Waals surface area contributed by atoms with Crippen molar-refractivity contribution >= 4 is 45.9 Å². The number of pyridine rings is 1. The van der Waals surface area contributed by atoms with Crippen LogP contribution in [-0.2, 0) is 4.79 Å². The van der Waals surface area contributed by atoms with E-state index >= 15 is 0 Å². The first-order valence-electron chi connectivity index (χ1n) is 9.56. The highest BCUT2D eigenvalue weighted by atomic mass is 35.5. The molecule has 31 heavy (non-hydrogen) atoms. The van der Waals surface area contributed by atoms with Gasteiger partial charge in [0.1, 0.15) is 5.82 Å². The van der Waals surface area contributed by atoms with Crippen molar-refractivity contribution in [3.63, 3.8) is 0 Å². The monoisotopic (exact) mass is 450 g/mol. The fraction of sp³-hybridized carbons (Fsp3) is 0.130. The van der Waals surface area contributed by atoms with Crippen LogP contribution >= 0.6 is 23.4 Å². The fourth-order valence-electron chi connectivity index (χ4n) is 3.05. The normalized spacial score (nSPS) is 10.9. The van der Waals surface area contributed by atoms with E-state index in [9.17, 15) is 9.59 Å². The molecule has 0 saturated heterocycles. The highest BCUT2D eigenvalue weighted by molar-refractivity contribution is 7.99. The van der Waals surface area contributed by atoms with Crippen LogP contribution in [0.2, 0.25) is 5.02 Å². The third-order valence-corrected chi connectivity index (χ3v) is 6.01. The number of aromatic nitrogens is 3. The average molecular weight is 451 g/mol. The quantitative estimate of drug-likeness (QED) is 0.349. The van der Waals surface area contributed by atoms with Crippen LogP contribution in [0.15, 0.2) is 70.7 Å². The van der Waals surface area contributed by atoms with Crippen molar-refractivity contribution < 1.29 is 4.79 Å². The molecule has 0 aliphatic carbocycles. The summed E-state index contributed by atoms with van der Waals surface area (Å²) in [5, 5.41) is 4.31. The zero-order valence-electron chi connectivity index (χ0n) is 16.9. The van der Waals surface area contributed by atoms with Gasteiger partial charge in [-0.25, -0.2) is 14.5 Å². The number of amides is 1. The molecule has 0 spiro atoms. The average Bonchev–Trinajstić information content (AvgIpc) is 2.75. The summed E-state index contributed by atoms with van der Waals surface area (Å²) in [6, 6.07) is 16.2. The van der Waals surface area contributed by atoms with Gasteiger partial charge in [0.2, 0.25) is 5.91 Å². The van der Waals surface area contributed by atoms with Gasteiger partial charge in [-0.15, -0.1) is 0 Å². The van der Waals surface area contributed by atoms with E-state index in [1.165, 1.54) is 16.3 Å². The molecule has 2 heterocycles. The molecule has 0 saturated carbocycles. The predicted molar refractivity (Wildman–Crippen MR) is 125 cm³/mol. The Morgan fingerprint density at radius 1 is 1.13 bits per heavy atom. The molecule has 1 N–H and O–H groups in total. The number of nitrogens with one attached hydrogen (secondary N) is 1. The lowest BCUT2D eigenvalue weighted by Gasteiger charge is -2.13. The van der Waals surface area contributed by atoms with Gasteiger partial charge in [0.25, 0.3) is 5.56 Å². The SMILES string of the molecule is Cc1ccnc(-n2c(SCC(=O)Nc3ccc(C)c(Cl)c3)nc3ccccc3c2=O)c1. The topological polar surface area (TPSA) is 76.9 Å². The van der Waals surface area contributed by atoms with Crippen LogP contribution in [0.3, 0.4) is 0 Å². The summed E-state index contributed by atoms with van der Waals surface area (Å²) in [7, 11) is 0. The molecular weight excluding hydrogens is 432 g/mol. The summed E-state index contributed by atoms with van der Waals surface area (Å²) >= 11 is 7.31. The van der Waals surface area contributed by atoms with Crippen LogP contribution in [0, 0.1) is 13.8 Å². The lowest BCUT2D eigenvalue weighted by atomic mass is 10.2. The maximum Gasteiger partial charge on any atom is 0.267 e. The van der Waals surface area contributed by atoms with Gasteiger partial charge in [0.05, 0.1) is 16.7 Å². The van der Waals surface area contributed by atoms with Crippen molar-refractivity contribution in [3.05, 3.63) is 87.3 Å². The maximum absolute atomic E-state index is 13.2. The second-order valence-corrected chi connectivity index (χ2v) is 8.39. The minimum atomic E-state index is -0.226. The van der Waals surface area contributed by atoms with E-state index in [2.05, 4.69) is 15.3 Å². The lowest BCUT2D eigenvalue weighted by molar-refractivity contribution is -0.113. The molecule has 0 aliphatic rings. The molecule has 0 aliphatic heterocycles. The largest absolute Gasteiger partial charge is 0.325 e. The van der Waals surface area contributed by atoms with Crippen LogP contribution < -0.4 is 10.9 Å². The van der Waals surface area contributed by atoms with Gasteiger partial charge in [0, 0.05) is 16.9 Å². The Morgan fingerprint density at radius 2 is 1.94 bits per heavy atom. The van der Waals surface area contributed by atoms with Crippen LogP contribution in [0.1, 0.15) is 11.1 Å². The van der Waals surface area contributed by atoms with Crippen LogP contribution in [0.25, 0.3) is 16.7 Å². The highest BCUT2D eigenvalue weighted by Crippen LogP contribution is 2.23. The number of para-hydroxylation sites is 1. The Morgan fingerprint density at radius 3 is 2.71 bits per heavy atom. The molecule has 0 fully saturated rings. The van der Waals surface area contributed by atoms with Gasteiger partial charge in [-0.05, 0) is 61.4 Å². The van der Waals surface area contributed by atoms with Gasteiger partial charge in [0.15, 0.2) is 5.16 Å². The smallest absolute Gasteiger partial charge is 0.267 e. The Labute approximate surface area is 188 Å². The van der Waals surface area contributed by atoms with Crippen molar-refractivity contribution in [1.29, 1.82) is 0 Å². The fourth-order valence-corrected chi connectivity index (χ4v) is 4.03. The Bertz CT molecular complexity index is 1350. The number of carbonyl (C=O) groups is 1. The number of benzene rings is 2. The molecule has 0 bridgehead atoms. The molecule has 2 aromatic heterocycles. The molecule has 0 atom stereocenters. The zero-order chi connectivity index (χ0) is 22.0. The first-order valence-corrected chi connectivity index (χ1v) is 10.9. The predicted octanol–water partition coefficient (Wildman–Crippen LogP) is 4.78. The van der Waals surface area contributed by atoms with E-state index in [1.807, 2.05) is 38.1 Å². The number of nitrogens with zero attached hydrogens (tertiary/aromatic N) is 3. The Kier molecular flexibility index (Phi) is 6.06. The molecular formula is C23H19ClN4O2S. The second-order valence-electron chi connectivity index (χ2n) is 7.04. The van der Waals surface area contributed by atoms with Gasteiger partial charge < -0.3 is 5.32 Å². The lowest BCUT2D eigenvalue weighted by Crippen LogP contribution is -2.23. The zero-order valence-corrected chi connectivity index (χ0v) is 18.5. The van der Waals surface area contributed by atoms with E-state index in [4.69, 9.17) is 11.6 Å². The number of rotatable bonds is 5. The molecule has 0 radical (unpaired) electrons. The third-order valence-electron chi connectivity index (χ3n) is 4.66. The summed E-state index contributed by atoms with van der Waals surface area (Å²) in [6.07, 6.45) is 1.65. The number of thioether (sulfide) groups is 1. The Balaban J connectivity index is 1.66. The molecule has 0 unspecified atom stereocenters. The van der Waals surface area contributed by atoms with Crippen molar-refractivity contribution in [2.24, 2.45) is 0 Å². The van der Waals surface area contributed by atoms with Crippen molar-refractivity contribution in [2.45, 2.75) is 19.0 Å². The van der Waals surface area contributed by atoms with E-state index < -0.39 is 0 Å². The molecule has 4 rings (SSSR count). The number of hydrogen-bond donors (Lipinski definition) is 1. The second kappa shape index (κ2) is 8.91. The number of fused-ring (bicyclic) bond motifs is 1. The summed E-state index contributed by atoms with van der Waals surface area (Å²) in [6.45, 7) is 3.82. The van der Waals surface area contributed by atoms with Crippen LogP contribution in [0.4, 0.5) is 5.69 Å². The molecule has 2 aromatic carbocycles. The summed E-state index contributed by atoms with van der Waals surface area (Å²) in [4.78, 5) is 34.7. The van der Waals surface area contributed by atoms with Gasteiger partial charge in [-0.3, -0.25) is 9.59 Å². The highest BCUT2D eigenvalue weighted by Gasteiger charge is 2.16. The first kappa shape index (κ1) is 21.1. The Hall–Kier alpha value is -3.16. The van der Waals surface area contributed by atoms with Crippen LogP contribution in [0.5, 0.6) is 0 Å². The minimum absolute atomic E-state index is 0.0715. The third kappa shape index (κ3) is 4.62. The molecule has 156 valence electrons. The van der Waals surface area contributed by atoms with Crippen molar-refractivity contribution in [2.75, 3.05) is 11.1 Å². The number of anilines is 1. The molecule has 1 amide bonds. The van der Waals surface area contributed by atoms with Crippen molar-refractivity contribution in [1.82, 2.24) is 14.5 Å². The summed E-state index contributed by atoms with van der Waals surface area (Å²) in [5.74, 6) is 0.315. The number of aryl methyl sites for hydroxylation is 2. The number of carbonyl (C=O) groups excluding carboxylic acids is 1. The van der Waals surface area contributed by atoms with E-state index in [0.29, 0.717) is 32.6 Å². The van der Waals surface area contributed by atoms with Gasteiger partial charge in [-0.1, -0.05) is 41.6 Å². The first-order chi connectivity index (χ1) is 14.9. The minimum Gasteiger partial charge on any atom is -0.325 e. The van der Waals surface area contributed by atoms with Crippen LogP contribution in [-0.4, -0.2) is 26.2 Å². The molecule has 6 nitrogen and oxygen atoms in total. The standard InChI is InChI=1S/C23H19ClN4O2S/c1-14-9-10-25-20(11-14)28-22(30)17-5-3-4-6-19(17)27-23(28)31-13-21(29)26-16-8-7-15(2)18(24)12-16/h3-12H,13H2,1-2H3,(H,26,29). The summed E-state index contributed by atoms with van der Waals surface area (Å²) < 4.78 is 1.45. The maximum atomic E-state index is 13.2. The van der Waals surface area contributed by atoms with E-state index in [0.717, 1.165) is 11.1 Å². The summed E-state index contributed by atoms with van der Waals surface area (Å²) in [5.41, 5.74) is 2.87. The van der Waals surface area contributed by atoms with E-state index in [1.54, 1.807) is 36.5 Å².